The normalized spacial score (nSPS) is 17.4. The maximum absolute atomic E-state index is 10.9. The van der Waals surface area contributed by atoms with Crippen LogP contribution < -0.4 is 0 Å². The number of benzene rings is 1. The molecule has 0 aromatic heterocycles. The van der Waals surface area contributed by atoms with E-state index in [0.29, 0.717) is 17.9 Å². The van der Waals surface area contributed by atoms with Crippen molar-refractivity contribution in [2.45, 2.75) is 38.5 Å². The van der Waals surface area contributed by atoms with E-state index in [1.807, 2.05) is 12.1 Å². The van der Waals surface area contributed by atoms with Gasteiger partial charge in [0.05, 0.1) is 5.56 Å². The number of likely N-dealkylation sites (tertiary alicyclic amines) is 1. The minimum Gasteiger partial charge on any atom is -0.478 e. The van der Waals surface area contributed by atoms with Gasteiger partial charge >= 0.3 is 5.97 Å². The van der Waals surface area contributed by atoms with E-state index in [-0.39, 0.29) is 5.41 Å². The van der Waals surface area contributed by atoms with Crippen molar-refractivity contribution in [1.29, 1.82) is 0 Å². The van der Waals surface area contributed by atoms with Crippen LogP contribution in [0.15, 0.2) is 24.3 Å². The molecule has 0 bridgehead atoms. The van der Waals surface area contributed by atoms with Crippen molar-refractivity contribution in [3.8, 4) is 0 Å². The molecule has 4 heteroatoms. The predicted molar refractivity (Wildman–Crippen MR) is 86.3 cm³/mol. The van der Waals surface area contributed by atoms with E-state index in [0.717, 1.165) is 44.3 Å². The summed E-state index contributed by atoms with van der Waals surface area (Å²) < 4.78 is 0. The summed E-state index contributed by atoms with van der Waals surface area (Å²) in [5.41, 5.74) is 1.47. The molecule has 1 aliphatic rings. The van der Waals surface area contributed by atoms with Gasteiger partial charge in [-0.05, 0) is 49.5 Å². The second-order valence-electron chi connectivity index (χ2n) is 6.89. The largest absolute Gasteiger partial charge is 0.478 e. The lowest BCUT2D eigenvalue weighted by atomic mass is 9.82. The summed E-state index contributed by atoms with van der Waals surface area (Å²) in [6.45, 7) is 7.41. The molecule has 0 unspecified atom stereocenters. The summed E-state index contributed by atoms with van der Waals surface area (Å²) in [5, 5.41) is 8.98. The zero-order valence-electron chi connectivity index (χ0n) is 13.4. The van der Waals surface area contributed by atoms with E-state index < -0.39 is 5.97 Å². The van der Waals surface area contributed by atoms with Gasteiger partial charge in [0.25, 0.3) is 0 Å². The van der Waals surface area contributed by atoms with Gasteiger partial charge in [-0.15, -0.1) is 0 Å². The Balaban J connectivity index is 1.96. The summed E-state index contributed by atoms with van der Waals surface area (Å²) in [6, 6.07) is 7.19. The molecule has 1 aromatic rings. The van der Waals surface area contributed by atoms with Crippen LogP contribution in [0.25, 0.3) is 0 Å². The molecule has 0 atom stereocenters. The minimum absolute atomic E-state index is 0.0193. The van der Waals surface area contributed by atoms with Gasteiger partial charge in [0.1, 0.15) is 6.29 Å². The fourth-order valence-corrected chi connectivity index (χ4v) is 3.23. The predicted octanol–water partition coefficient (Wildman–Crippen LogP) is 2.96. The third-order valence-corrected chi connectivity index (χ3v) is 4.67. The van der Waals surface area contributed by atoms with E-state index in [9.17, 15) is 9.59 Å². The Morgan fingerprint density at radius 3 is 2.36 bits per heavy atom. The Hall–Kier alpha value is -1.68. The average Bonchev–Trinajstić information content (AvgIpc) is 2.49. The number of carboxylic acids is 1. The lowest BCUT2D eigenvalue weighted by Crippen LogP contribution is -2.41. The number of piperidine rings is 1. The van der Waals surface area contributed by atoms with Gasteiger partial charge in [-0.2, -0.15) is 0 Å². The van der Waals surface area contributed by atoms with E-state index in [1.54, 1.807) is 12.1 Å². The van der Waals surface area contributed by atoms with Crippen molar-refractivity contribution in [2.75, 3.05) is 19.6 Å². The highest BCUT2D eigenvalue weighted by Gasteiger charge is 2.27. The molecule has 22 heavy (non-hydrogen) atoms. The first-order valence-electron chi connectivity index (χ1n) is 7.92. The lowest BCUT2D eigenvalue weighted by molar-refractivity contribution is -0.108. The quantitative estimate of drug-likeness (QED) is 0.821. The molecule has 1 fully saturated rings. The van der Waals surface area contributed by atoms with Crippen LogP contribution in [0.3, 0.4) is 0 Å². The summed E-state index contributed by atoms with van der Waals surface area (Å²) >= 11 is 0. The number of carbonyl (C=O) groups is 2. The molecular formula is C18H25NO3. The zero-order chi connectivity index (χ0) is 16.2. The molecule has 0 radical (unpaired) electrons. The van der Waals surface area contributed by atoms with Gasteiger partial charge in [-0.1, -0.05) is 26.0 Å². The van der Waals surface area contributed by atoms with Crippen LogP contribution in [-0.4, -0.2) is 41.9 Å². The van der Waals surface area contributed by atoms with Crippen molar-refractivity contribution < 1.29 is 14.7 Å². The van der Waals surface area contributed by atoms with E-state index >= 15 is 0 Å². The monoisotopic (exact) mass is 303 g/mol. The highest BCUT2D eigenvalue weighted by Crippen LogP contribution is 2.27. The fraction of sp³-hybridized carbons (Fsp3) is 0.556. The molecule has 1 aromatic carbocycles. The Morgan fingerprint density at radius 2 is 1.86 bits per heavy atom. The third kappa shape index (κ3) is 4.17. The smallest absolute Gasteiger partial charge is 0.335 e. The van der Waals surface area contributed by atoms with Gasteiger partial charge in [0, 0.05) is 18.4 Å². The number of aldehydes is 1. The second-order valence-corrected chi connectivity index (χ2v) is 6.89. The Morgan fingerprint density at radius 1 is 1.27 bits per heavy atom. The molecule has 120 valence electrons. The second kappa shape index (κ2) is 7.05. The van der Waals surface area contributed by atoms with E-state index in [2.05, 4.69) is 18.7 Å². The molecule has 2 rings (SSSR count). The first-order valence-corrected chi connectivity index (χ1v) is 7.92. The summed E-state index contributed by atoms with van der Waals surface area (Å²) in [4.78, 5) is 24.0. The van der Waals surface area contributed by atoms with Crippen LogP contribution in [0, 0.1) is 5.92 Å². The Bertz CT molecular complexity index is 514. The Labute approximate surface area is 132 Å². The molecule has 0 aliphatic carbocycles. The van der Waals surface area contributed by atoms with Crippen molar-refractivity contribution in [2.24, 2.45) is 5.92 Å². The number of carboxylic acid groups (broad SMARTS) is 1. The first-order chi connectivity index (χ1) is 10.4. The van der Waals surface area contributed by atoms with Crippen molar-refractivity contribution >= 4 is 12.3 Å². The summed E-state index contributed by atoms with van der Waals surface area (Å²) in [7, 11) is 0. The number of hydrogen-bond acceptors (Lipinski definition) is 3. The summed E-state index contributed by atoms with van der Waals surface area (Å²) in [5.74, 6) is -0.340. The Kier molecular flexibility index (Phi) is 5.35. The van der Waals surface area contributed by atoms with Gasteiger partial charge in [-0.3, -0.25) is 0 Å². The van der Waals surface area contributed by atoms with Gasteiger partial charge in [0.15, 0.2) is 0 Å². The zero-order valence-corrected chi connectivity index (χ0v) is 13.4. The van der Waals surface area contributed by atoms with Crippen LogP contribution in [0.1, 0.15) is 49.0 Å². The van der Waals surface area contributed by atoms with E-state index in [1.165, 1.54) is 0 Å². The van der Waals surface area contributed by atoms with Crippen LogP contribution >= 0.6 is 0 Å². The molecule has 1 aliphatic heterocycles. The van der Waals surface area contributed by atoms with Crippen LogP contribution in [-0.2, 0) is 10.2 Å². The molecular weight excluding hydrogens is 278 g/mol. The molecule has 1 saturated heterocycles. The molecule has 0 amide bonds. The standard InChI is InChI=1S/C18H25NO3/c1-18(2,16-5-3-15(4-6-16)17(21)22)13-19-10-7-14(8-11-19)9-12-20/h3-6,12,14H,7-11,13H2,1-2H3,(H,21,22). The van der Waals surface area contributed by atoms with Crippen LogP contribution in [0.2, 0.25) is 0 Å². The third-order valence-electron chi connectivity index (χ3n) is 4.67. The van der Waals surface area contributed by atoms with Gasteiger partial charge < -0.3 is 14.8 Å². The number of hydrogen-bond donors (Lipinski definition) is 1. The highest BCUT2D eigenvalue weighted by atomic mass is 16.4. The van der Waals surface area contributed by atoms with Crippen LogP contribution in [0.5, 0.6) is 0 Å². The molecule has 0 spiro atoms. The lowest BCUT2D eigenvalue weighted by Gasteiger charge is -2.37. The molecule has 4 nitrogen and oxygen atoms in total. The molecule has 1 N–H and O–H groups in total. The van der Waals surface area contributed by atoms with Gasteiger partial charge in [-0.25, -0.2) is 4.79 Å². The maximum Gasteiger partial charge on any atom is 0.335 e. The maximum atomic E-state index is 10.9. The number of nitrogens with zero attached hydrogens (tertiary/aromatic N) is 1. The first kappa shape index (κ1) is 16.7. The van der Waals surface area contributed by atoms with Crippen molar-refractivity contribution in [1.82, 2.24) is 4.90 Å². The fourth-order valence-electron chi connectivity index (χ4n) is 3.23. The van der Waals surface area contributed by atoms with Crippen LogP contribution in [0.4, 0.5) is 0 Å². The average molecular weight is 303 g/mol. The number of aromatic carboxylic acids is 1. The SMILES string of the molecule is CC(C)(CN1CCC(CC=O)CC1)c1ccc(C(=O)O)cc1. The van der Waals surface area contributed by atoms with Crippen molar-refractivity contribution in [3.05, 3.63) is 35.4 Å². The minimum atomic E-state index is -0.887. The highest BCUT2D eigenvalue weighted by molar-refractivity contribution is 5.87. The molecule has 0 saturated carbocycles. The topological polar surface area (TPSA) is 57.6 Å². The number of carbonyl (C=O) groups excluding carboxylic acids is 1. The van der Waals surface area contributed by atoms with Gasteiger partial charge in [0.2, 0.25) is 0 Å². The molecule has 1 heterocycles. The number of rotatable bonds is 6. The van der Waals surface area contributed by atoms with E-state index in [4.69, 9.17) is 5.11 Å². The summed E-state index contributed by atoms with van der Waals surface area (Å²) in [6.07, 6.45) is 3.90. The van der Waals surface area contributed by atoms with Crippen molar-refractivity contribution in [3.63, 3.8) is 0 Å².